The van der Waals surface area contributed by atoms with Crippen LogP contribution in [0.2, 0.25) is 0 Å². The lowest BCUT2D eigenvalue weighted by molar-refractivity contribution is -0.142. The summed E-state index contributed by atoms with van der Waals surface area (Å²) in [7, 11) is 0. The highest BCUT2D eigenvalue weighted by Crippen LogP contribution is 2.08. The fraction of sp³-hybridized carbons (Fsp3) is 0.545. The minimum Gasteiger partial charge on any atom is -0.480 e. The number of nitrogens with two attached hydrogens (primary N) is 1. The highest BCUT2D eigenvalue weighted by atomic mass is 32.2. The third-order valence-electron chi connectivity index (χ3n) is 4.92. The van der Waals surface area contributed by atoms with Crippen LogP contribution in [0.5, 0.6) is 0 Å². The van der Waals surface area contributed by atoms with Crippen molar-refractivity contribution in [3.8, 4) is 0 Å². The summed E-state index contributed by atoms with van der Waals surface area (Å²) in [6.45, 7) is 2.85. The Morgan fingerprint density at radius 3 is 2.09 bits per heavy atom. The molecule has 4 atom stereocenters. The molecular weight excluding hydrogens is 448 g/mol. The summed E-state index contributed by atoms with van der Waals surface area (Å²) in [5, 5.41) is 26.3. The van der Waals surface area contributed by atoms with Gasteiger partial charge in [0.05, 0.1) is 6.61 Å². The Labute approximate surface area is 198 Å². The van der Waals surface area contributed by atoms with E-state index in [1.54, 1.807) is 38.1 Å². The molecule has 33 heavy (non-hydrogen) atoms. The van der Waals surface area contributed by atoms with Crippen LogP contribution in [0.4, 0.5) is 0 Å². The lowest BCUT2D eigenvalue weighted by atomic mass is 10.0. The molecule has 3 amide bonds. The number of carbonyl (C=O) groups is 4. The summed E-state index contributed by atoms with van der Waals surface area (Å²) >= 11 is 1.47. The van der Waals surface area contributed by atoms with Gasteiger partial charge in [-0.15, -0.1) is 0 Å². The molecule has 0 spiro atoms. The first-order chi connectivity index (χ1) is 15.6. The highest BCUT2D eigenvalue weighted by Gasteiger charge is 2.31. The number of rotatable bonds is 14. The van der Waals surface area contributed by atoms with Crippen LogP contribution in [0.1, 0.15) is 25.8 Å². The Morgan fingerprint density at radius 2 is 1.58 bits per heavy atom. The summed E-state index contributed by atoms with van der Waals surface area (Å²) in [5.41, 5.74) is 6.26. The van der Waals surface area contributed by atoms with E-state index in [-0.39, 0.29) is 18.8 Å². The average Bonchev–Trinajstić information content (AvgIpc) is 2.78. The number of thioether (sulfide) groups is 1. The topological polar surface area (TPSA) is 171 Å². The van der Waals surface area contributed by atoms with Crippen molar-refractivity contribution in [2.45, 2.75) is 50.9 Å². The van der Waals surface area contributed by atoms with Crippen molar-refractivity contribution in [2.24, 2.45) is 11.7 Å². The largest absolute Gasteiger partial charge is 0.480 e. The van der Waals surface area contributed by atoms with Crippen LogP contribution in [0.15, 0.2) is 30.3 Å². The summed E-state index contributed by atoms with van der Waals surface area (Å²) in [5.74, 6) is -2.88. The first-order valence-electron chi connectivity index (χ1n) is 10.6. The van der Waals surface area contributed by atoms with E-state index >= 15 is 0 Å². The fourth-order valence-electron chi connectivity index (χ4n) is 2.97. The van der Waals surface area contributed by atoms with Gasteiger partial charge in [0.1, 0.15) is 24.2 Å². The first kappa shape index (κ1) is 28.4. The number of benzene rings is 1. The Morgan fingerprint density at radius 1 is 0.970 bits per heavy atom. The molecule has 11 heteroatoms. The second-order valence-electron chi connectivity index (χ2n) is 7.95. The predicted octanol–water partition coefficient (Wildman–Crippen LogP) is -0.503. The number of carboxylic acid groups (broad SMARTS) is 1. The van der Waals surface area contributed by atoms with Crippen LogP contribution in [0.25, 0.3) is 0 Å². The zero-order valence-corrected chi connectivity index (χ0v) is 19.9. The maximum absolute atomic E-state index is 12.9. The Bertz CT molecular complexity index is 792. The molecule has 1 rings (SSSR count). The molecule has 0 saturated heterocycles. The second-order valence-corrected chi connectivity index (χ2v) is 8.94. The zero-order valence-electron chi connectivity index (χ0n) is 19.1. The second kappa shape index (κ2) is 14.5. The van der Waals surface area contributed by atoms with E-state index in [1.807, 2.05) is 12.3 Å². The standard InChI is InChI=1S/C22H34N4O6S/c1-13(2)18(26-19(28)15(23)12-27)21(30)24-16(9-10-33-3)20(29)25-17(22(31)32)11-14-7-5-4-6-8-14/h4-8,13,15-18,27H,9-12,23H2,1-3H3,(H,24,30)(H,25,29)(H,26,28)(H,31,32). The van der Waals surface area contributed by atoms with Crippen LogP contribution in [0, 0.1) is 5.92 Å². The van der Waals surface area contributed by atoms with Crippen molar-refractivity contribution in [3.63, 3.8) is 0 Å². The van der Waals surface area contributed by atoms with Crippen molar-refractivity contribution in [2.75, 3.05) is 18.6 Å². The predicted molar refractivity (Wildman–Crippen MR) is 126 cm³/mol. The molecule has 0 radical (unpaired) electrons. The molecule has 1 aromatic rings. The molecule has 0 saturated carbocycles. The summed E-state index contributed by atoms with van der Waals surface area (Å²) in [6.07, 6.45) is 2.21. The van der Waals surface area contributed by atoms with Gasteiger partial charge in [0.2, 0.25) is 17.7 Å². The summed E-state index contributed by atoms with van der Waals surface area (Å²) in [4.78, 5) is 49.6. The van der Waals surface area contributed by atoms with Gasteiger partial charge in [-0.25, -0.2) is 4.79 Å². The molecule has 184 valence electrons. The van der Waals surface area contributed by atoms with E-state index < -0.39 is 54.5 Å². The summed E-state index contributed by atoms with van der Waals surface area (Å²) < 4.78 is 0. The molecule has 0 heterocycles. The molecule has 0 fully saturated rings. The van der Waals surface area contributed by atoms with Gasteiger partial charge in [-0.2, -0.15) is 11.8 Å². The Balaban J connectivity index is 2.94. The number of nitrogens with one attached hydrogen (secondary N) is 3. The molecule has 0 aliphatic heterocycles. The first-order valence-corrected chi connectivity index (χ1v) is 12.0. The molecule has 0 bridgehead atoms. The third kappa shape index (κ3) is 9.80. The van der Waals surface area contributed by atoms with E-state index in [4.69, 9.17) is 10.8 Å². The van der Waals surface area contributed by atoms with Gasteiger partial charge >= 0.3 is 5.97 Å². The van der Waals surface area contributed by atoms with E-state index in [0.717, 1.165) is 5.56 Å². The quantitative estimate of drug-likeness (QED) is 0.206. The normalized spacial score (nSPS) is 14.6. The minimum atomic E-state index is -1.19. The van der Waals surface area contributed by atoms with Gasteiger partial charge in [0.15, 0.2) is 0 Å². The van der Waals surface area contributed by atoms with Crippen molar-refractivity contribution in [3.05, 3.63) is 35.9 Å². The number of aliphatic hydroxyl groups excluding tert-OH is 1. The molecule has 7 N–H and O–H groups in total. The van der Waals surface area contributed by atoms with E-state index in [2.05, 4.69) is 16.0 Å². The molecule has 1 aromatic carbocycles. The van der Waals surface area contributed by atoms with E-state index in [0.29, 0.717) is 5.75 Å². The SMILES string of the molecule is CSCCC(NC(=O)C(NC(=O)C(N)CO)C(C)C)C(=O)NC(Cc1ccccc1)C(=O)O. The molecular formula is C22H34N4O6S. The number of aliphatic hydroxyl groups is 1. The molecule has 0 aliphatic rings. The number of hydrogen-bond donors (Lipinski definition) is 6. The maximum Gasteiger partial charge on any atom is 0.326 e. The highest BCUT2D eigenvalue weighted by molar-refractivity contribution is 7.98. The zero-order chi connectivity index (χ0) is 25.0. The molecule has 4 unspecified atom stereocenters. The molecule has 10 nitrogen and oxygen atoms in total. The molecule has 0 aromatic heterocycles. The lowest BCUT2D eigenvalue weighted by Crippen LogP contribution is -2.59. The monoisotopic (exact) mass is 482 g/mol. The van der Waals surface area contributed by atoms with Crippen molar-refractivity contribution in [1.29, 1.82) is 0 Å². The van der Waals surface area contributed by atoms with Crippen molar-refractivity contribution in [1.82, 2.24) is 16.0 Å². The van der Waals surface area contributed by atoms with Crippen LogP contribution in [-0.2, 0) is 25.6 Å². The van der Waals surface area contributed by atoms with Crippen LogP contribution < -0.4 is 21.7 Å². The maximum atomic E-state index is 12.9. The van der Waals surface area contributed by atoms with Gasteiger partial charge < -0.3 is 31.9 Å². The van der Waals surface area contributed by atoms with Gasteiger partial charge in [0, 0.05) is 6.42 Å². The van der Waals surface area contributed by atoms with Crippen LogP contribution in [0.3, 0.4) is 0 Å². The van der Waals surface area contributed by atoms with E-state index in [9.17, 15) is 24.3 Å². The number of carbonyl (C=O) groups excluding carboxylic acids is 3. The third-order valence-corrected chi connectivity index (χ3v) is 5.57. The number of hydrogen-bond acceptors (Lipinski definition) is 7. The number of amides is 3. The van der Waals surface area contributed by atoms with Crippen molar-refractivity contribution < 1.29 is 29.4 Å². The summed E-state index contributed by atoms with van der Waals surface area (Å²) in [6, 6.07) is 4.57. The Hall–Kier alpha value is -2.63. The van der Waals surface area contributed by atoms with Crippen LogP contribution in [-0.4, -0.2) is 76.7 Å². The molecule has 0 aliphatic carbocycles. The average molecular weight is 483 g/mol. The van der Waals surface area contributed by atoms with Gasteiger partial charge in [-0.3, -0.25) is 14.4 Å². The Kier molecular flexibility index (Phi) is 12.5. The smallest absolute Gasteiger partial charge is 0.326 e. The minimum absolute atomic E-state index is 0.0921. The van der Waals surface area contributed by atoms with Crippen molar-refractivity contribution >= 4 is 35.5 Å². The fourth-order valence-corrected chi connectivity index (χ4v) is 3.44. The van der Waals surface area contributed by atoms with Gasteiger partial charge in [-0.05, 0) is 29.9 Å². The van der Waals surface area contributed by atoms with Crippen LogP contribution >= 0.6 is 11.8 Å². The van der Waals surface area contributed by atoms with Gasteiger partial charge in [-0.1, -0.05) is 44.2 Å². The number of aliphatic carboxylic acids is 1. The van der Waals surface area contributed by atoms with Gasteiger partial charge in [0.25, 0.3) is 0 Å². The lowest BCUT2D eigenvalue weighted by Gasteiger charge is -2.26. The van der Waals surface area contributed by atoms with E-state index in [1.165, 1.54) is 11.8 Å². The number of carboxylic acids is 1.